The number of carbonyl (C=O) groups excluding carboxylic acids is 1. The van der Waals surface area contributed by atoms with Crippen molar-refractivity contribution in [2.75, 3.05) is 18.0 Å². The first-order chi connectivity index (χ1) is 16.6. The molecule has 0 aromatic carbocycles. The number of nitrogens with zero attached hydrogens (tertiary/aromatic N) is 4. The second-order valence-corrected chi connectivity index (χ2v) is 9.78. The Bertz CT molecular complexity index is 1280. The zero-order valence-electron chi connectivity index (χ0n) is 19.5. The predicted octanol–water partition coefficient (Wildman–Crippen LogP) is 2.63. The van der Waals surface area contributed by atoms with Crippen molar-refractivity contribution < 1.29 is 4.79 Å². The van der Waals surface area contributed by atoms with Crippen molar-refractivity contribution in [3.63, 3.8) is 0 Å². The van der Waals surface area contributed by atoms with Crippen molar-refractivity contribution >= 4 is 22.6 Å². The first kappa shape index (κ1) is 21.3. The number of amides is 1. The number of hydrogen-bond donors (Lipinski definition) is 2. The van der Waals surface area contributed by atoms with Crippen molar-refractivity contribution in [3.05, 3.63) is 63.8 Å². The number of rotatable bonds is 6. The van der Waals surface area contributed by atoms with Crippen molar-refractivity contribution in [2.45, 2.75) is 63.7 Å². The summed E-state index contributed by atoms with van der Waals surface area (Å²) in [6.45, 7) is 4.69. The summed E-state index contributed by atoms with van der Waals surface area (Å²) >= 11 is 0. The number of aromatic amines is 1. The molecule has 1 unspecified atom stereocenters. The first-order valence-corrected chi connectivity index (χ1v) is 12.4. The molecule has 0 spiro atoms. The maximum absolute atomic E-state index is 12.2. The molecule has 3 aromatic heterocycles. The van der Waals surface area contributed by atoms with E-state index >= 15 is 0 Å². The number of H-pyrrole nitrogens is 1. The quantitative estimate of drug-likeness (QED) is 0.590. The van der Waals surface area contributed by atoms with Crippen molar-refractivity contribution in [1.82, 2.24) is 25.2 Å². The van der Waals surface area contributed by atoms with Crippen molar-refractivity contribution in [1.29, 1.82) is 0 Å². The van der Waals surface area contributed by atoms with Gasteiger partial charge in [0.05, 0.1) is 22.9 Å². The lowest BCUT2D eigenvalue weighted by Gasteiger charge is -2.54. The summed E-state index contributed by atoms with van der Waals surface area (Å²) < 4.78 is 0. The van der Waals surface area contributed by atoms with Gasteiger partial charge in [0, 0.05) is 49.5 Å². The van der Waals surface area contributed by atoms with E-state index in [1.54, 1.807) is 0 Å². The monoisotopic (exact) mass is 458 g/mol. The van der Waals surface area contributed by atoms with Crippen LogP contribution in [0.2, 0.25) is 0 Å². The number of nitrogens with one attached hydrogen (secondary N) is 2. The molecule has 8 heteroatoms. The lowest BCUT2D eigenvalue weighted by atomic mass is 9.81. The third-order valence-electron chi connectivity index (χ3n) is 7.52. The average molecular weight is 459 g/mol. The second kappa shape index (κ2) is 8.51. The lowest BCUT2D eigenvalue weighted by Crippen LogP contribution is -2.64. The molecule has 8 nitrogen and oxygen atoms in total. The molecular formula is C26H30N6O2. The fourth-order valence-electron chi connectivity index (χ4n) is 5.27. The van der Waals surface area contributed by atoms with Gasteiger partial charge < -0.3 is 15.2 Å². The smallest absolute Gasteiger partial charge is 0.270 e. The Morgan fingerprint density at radius 3 is 2.65 bits per heavy atom. The van der Waals surface area contributed by atoms with Gasteiger partial charge >= 0.3 is 0 Å². The van der Waals surface area contributed by atoms with Gasteiger partial charge in [-0.05, 0) is 61.9 Å². The highest BCUT2D eigenvalue weighted by Gasteiger charge is 2.43. The van der Waals surface area contributed by atoms with Crippen LogP contribution in [-0.4, -0.2) is 57.0 Å². The zero-order chi connectivity index (χ0) is 23.2. The lowest BCUT2D eigenvalue weighted by molar-refractivity contribution is 0.0658. The van der Waals surface area contributed by atoms with E-state index in [9.17, 15) is 9.59 Å². The molecule has 2 aliphatic carbocycles. The van der Waals surface area contributed by atoms with E-state index in [1.165, 1.54) is 6.42 Å². The minimum Gasteiger partial charge on any atom is -0.364 e. The fourth-order valence-corrected chi connectivity index (χ4v) is 5.27. The van der Waals surface area contributed by atoms with E-state index < -0.39 is 0 Å². The van der Waals surface area contributed by atoms with E-state index in [0.29, 0.717) is 30.2 Å². The maximum Gasteiger partial charge on any atom is 0.270 e. The van der Waals surface area contributed by atoms with Crippen molar-refractivity contribution in [2.24, 2.45) is 0 Å². The van der Waals surface area contributed by atoms with Gasteiger partial charge in [-0.3, -0.25) is 19.5 Å². The van der Waals surface area contributed by atoms with E-state index in [0.717, 1.165) is 66.7 Å². The number of aromatic nitrogens is 3. The van der Waals surface area contributed by atoms with Crippen LogP contribution in [0.1, 0.15) is 54.2 Å². The van der Waals surface area contributed by atoms with Crippen LogP contribution in [0.15, 0.2) is 41.5 Å². The normalized spacial score (nSPS) is 22.3. The molecule has 0 bridgehead atoms. The Morgan fingerprint density at radius 2 is 1.94 bits per heavy atom. The number of carbonyl (C=O) groups is 1. The van der Waals surface area contributed by atoms with Crippen LogP contribution in [0.25, 0.3) is 11.0 Å². The van der Waals surface area contributed by atoms with Gasteiger partial charge in [0.25, 0.3) is 11.5 Å². The molecule has 2 saturated carbocycles. The highest BCUT2D eigenvalue weighted by molar-refractivity contribution is 5.92. The van der Waals surface area contributed by atoms with Crippen LogP contribution in [0.3, 0.4) is 0 Å². The van der Waals surface area contributed by atoms with Gasteiger partial charge in [-0.15, -0.1) is 0 Å². The summed E-state index contributed by atoms with van der Waals surface area (Å²) in [5.74, 6) is -0.0725. The Hall–Kier alpha value is -3.26. The van der Waals surface area contributed by atoms with Gasteiger partial charge in [0.2, 0.25) is 0 Å². The molecule has 176 valence electrons. The Kier molecular flexibility index (Phi) is 5.32. The standard InChI is InChI=1S/C26H30N6O2/c1-2-17-12-21-22(30-25(17)33)11-16(13-27-21)15-31-9-10-32(24-8-7-23(24)31)19-5-6-20(28-14-19)26(34)29-18-3-4-18/h5-6,11-14,18,23-24H,2-4,7-10,15H2,1H3,(H,29,34)(H,30,33)/t23?,24-/m1/s1. The molecule has 3 aliphatic rings. The Labute approximate surface area is 198 Å². The van der Waals surface area contributed by atoms with Gasteiger partial charge in [-0.25, -0.2) is 4.98 Å². The summed E-state index contributed by atoms with van der Waals surface area (Å²) in [7, 11) is 0. The molecule has 4 heterocycles. The van der Waals surface area contributed by atoms with Crippen LogP contribution in [0.4, 0.5) is 5.69 Å². The molecule has 2 atom stereocenters. The van der Waals surface area contributed by atoms with E-state index in [4.69, 9.17) is 0 Å². The molecule has 1 aliphatic heterocycles. The van der Waals surface area contributed by atoms with E-state index in [2.05, 4.69) is 36.1 Å². The van der Waals surface area contributed by atoms with Gasteiger partial charge in [-0.2, -0.15) is 0 Å². The molecule has 1 amide bonds. The Morgan fingerprint density at radius 1 is 1.09 bits per heavy atom. The molecule has 0 radical (unpaired) electrons. The summed E-state index contributed by atoms with van der Waals surface area (Å²) in [6, 6.07) is 9.13. The summed E-state index contributed by atoms with van der Waals surface area (Å²) in [5, 5.41) is 3.00. The summed E-state index contributed by atoms with van der Waals surface area (Å²) in [6.07, 6.45) is 8.97. The van der Waals surface area contributed by atoms with Crippen LogP contribution in [0.5, 0.6) is 0 Å². The highest BCUT2D eigenvalue weighted by Crippen LogP contribution is 2.37. The minimum atomic E-state index is -0.0725. The highest BCUT2D eigenvalue weighted by atomic mass is 16.2. The number of piperazine rings is 1. The van der Waals surface area contributed by atoms with E-state index in [1.807, 2.05) is 37.5 Å². The van der Waals surface area contributed by atoms with Crippen LogP contribution >= 0.6 is 0 Å². The maximum atomic E-state index is 12.2. The number of fused-ring (bicyclic) bond motifs is 2. The molecular weight excluding hydrogens is 428 g/mol. The topological polar surface area (TPSA) is 94.2 Å². The minimum absolute atomic E-state index is 0.0220. The molecule has 2 N–H and O–H groups in total. The van der Waals surface area contributed by atoms with Gasteiger partial charge in [0.1, 0.15) is 5.69 Å². The third kappa shape index (κ3) is 3.96. The molecule has 1 saturated heterocycles. The molecule has 34 heavy (non-hydrogen) atoms. The van der Waals surface area contributed by atoms with Crippen LogP contribution in [-0.2, 0) is 13.0 Å². The summed E-state index contributed by atoms with van der Waals surface area (Å²) in [5.41, 5.74) is 5.10. The van der Waals surface area contributed by atoms with Crippen LogP contribution < -0.4 is 15.8 Å². The average Bonchev–Trinajstić information content (AvgIpc) is 3.63. The fraction of sp³-hybridized carbons (Fsp3) is 0.462. The third-order valence-corrected chi connectivity index (χ3v) is 7.52. The number of pyridine rings is 3. The SMILES string of the molecule is CCc1cc2ncc(CN3CCN(c4ccc(C(=O)NC5CC5)nc4)[C@@H]4CCC43)cc2[nH]c1=O. The number of aryl methyl sites for hydroxylation is 1. The largest absolute Gasteiger partial charge is 0.364 e. The second-order valence-electron chi connectivity index (χ2n) is 9.78. The molecule has 6 rings (SSSR count). The number of hydrogen-bond acceptors (Lipinski definition) is 6. The molecule has 3 aromatic rings. The number of anilines is 1. The van der Waals surface area contributed by atoms with Crippen molar-refractivity contribution in [3.8, 4) is 0 Å². The van der Waals surface area contributed by atoms with Crippen LogP contribution in [0, 0.1) is 0 Å². The summed E-state index contributed by atoms with van der Waals surface area (Å²) in [4.78, 5) is 41.5. The zero-order valence-corrected chi connectivity index (χ0v) is 19.5. The van der Waals surface area contributed by atoms with E-state index in [-0.39, 0.29) is 11.5 Å². The predicted molar refractivity (Wildman–Crippen MR) is 131 cm³/mol. The molecule has 3 fully saturated rings. The van der Waals surface area contributed by atoms with Gasteiger partial charge in [0.15, 0.2) is 0 Å². The first-order valence-electron chi connectivity index (χ1n) is 12.4. The Balaban J connectivity index is 1.14. The van der Waals surface area contributed by atoms with Gasteiger partial charge in [-0.1, -0.05) is 6.92 Å².